The summed E-state index contributed by atoms with van der Waals surface area (Å²) in [5.41, 5.74) is 1.27. The molecule has 0 spiro atoms. The van der Waals surface area contributed by atoms with Gasteiger partial charge in [-0.3, -0.25) is 4.98 Å². The Morgan fingerprint density at radius 1 is 1.03 bits per heavy atom. The van der Waals surface area contributed by atoms with Gasteiger partial charge in [0.25, 0.3) is 0 Å². The number of imidazole rings is 1. The van der Waals surface area contributed by atoms with Gasteiger partial charge >= 0.3 is 6.18 Å². The summed E-state index contributed by atoms with van der Waals surface area (Å²) in [4.78, 5) is 8.57. The maximum atomic E-state index is 13.0. The Bertz CT molecular complexity index is 1280. The highest BCUT2D eigenvalue weighted by molar-refractivity contribution is 7.98. The second-order valence-corrected chi connectivity index (χ2v) is 11.7. The number of benzene rings is 1. The van der Waals surface area contributed by atoms with Crippen molar-refractivity contribution in [2.45, 2.75) is 66.5 Å². The summed E-state index contributed by atoms with van der Waals surface area (Å²) in [5, 5.41) is 0.748. The van der Waals surface area contributed by atoms with Gasteiger partial charge in [-0.2, -0.15) is 17.5 Å². The number of rotatable bonds is 6. The van der Waals surface area contributed by atoms with Crippen LogP contribution in [0.4, 0.5) is 13.2 Å². The van der Waals surface area contributed by atoms with E-state index < -0.39 is 21.9 Å². The van der Waals surface area contributed by atoms with Gasteiger partial charge < -0.3 is 4.57 Å². The Morgan fingerprint density at radius 2 is 1.76 bits per heavy atom. The van der Waals surface area contributed by atoms with Crippen molar-refractivity contribution in [3.05, 3.63) is 47.8 Å². The molecule has 1 aromatic carbocycles. The number of thioether (sulfide) groups is 1. The van der Waals surface area contributed by atoms with E-state index in [4.69, 9.17) is 4.98 Å². The van der Waals surface area contributed by atoms with Gasteiger partial charge in [0.05, 0.1) is 15.9 Å². The van der Waals surface area contributed by atoms with Gasteiger partial charge in [0.15, 0.2) is 5.16 Å². The first-order chi connectivity index (χ1) is 16.2. The molecular formula is C23H25F3N4O2S2. The fourth-order valence-corrected chi connectivity index (χ4v) is 7.29. The highest BCUT2D eigenvalue weighted by atomic mass is 32.2. The Morgan fingerprint density at radius 3 is 2.41 bits per heavy atom. The molecule has 6 nitrogen and oxygen atoms in total. The van der Waals surface area contributed by atoms with Gasteiger partial charge in [0.2, 0.25) is 10.0 Å². The van der Waals surface area contributed by atoms with Crippen LogP contribution in [0.5, 0.6) is 0 Å². The number of sulfonamides is 1. The van der Waals surface area contributed by atoms with Crippen LogP contribution in [0.2, 0.25) is 0 Å². The second kappa shape index (κ2) is 9.16. The van der Waals surface area contributed by atoms with Crippen molar-refractivity contribution in [2.24, 2.45) is 0 Å². The van der Waals surface area contributed by atoms with Crippen LogP contribution in [0.25, 0.3) is 11.0 Å². The van der Waals surface area contributed by atoms with Gasteiger partial charge in [0.1, 0.15) is 5.69 Å². The molecule has 2 aliphatic rings. The van der Waals surface area contributed by atoms with E-state index in [9.17, 15) is 21.6 Å². The molecule has 5 rings (SSSR count). The normalized spacial score (nSPS) is 18.3. The maximum absolute atomic E-state index is 13.0. The summed E-state index contributed by atoms with van der Waals surface area (Å²) in [7, 11) is -3.55. The zero-order chi connectivity index (χ0) is 23.9. The standard InChI is InChI=1S/C23H25F3N4O2S2/c24-23(25,26)21-10-7-16(14-27-21)15-33-22-28-19-13-18(34(31,32)29-11-3-4-12-29)8-9-20(19)30(22)17-5-1-2-6-17/h7-10,13-14,17H,1-6,11-12,15H2. The second-order valence-electron chi connectivity index (χ2n) is 8.80. The highest BCUT2D eigenvalue weighted by Gasteiger charge is 2.32. The molecule has 1 saturated heterocycles. The van der Waals surface area contributed by atoms with Gasteiger partial charge in [0, 0.05) is 31.1 Å². The molecule has 0 N–H and O–H groups in total. The topological polar surface area (TPSA) is 68.1 Å². The molecule has 3 heterocycles. The number of nitrogens with zero attached hydrogens (tertiary/aromatic N) is 4. The van der Waals surface area contributed by atoms with Crippen LogP contribution in [0.3, 0.4) is 0 Å². The summed E-state index contributed by atoms with van der Waals surface area (Å²) in [6.07, 6.45) is 2.82. The Balaban J connectivity index is 1.45. The fourth-order valence-electron chi connectivity index (χ4n) is 4.74. The molecule has 0 unspecified atom stereocenters. The van der Waals surface area contributed by atoms with Crippen molar-refractivity contribution in [2.75, 3.05) is 13.1 Å². The van der Waals surface area contributed by atoms with E-state index in [0.29, 0.717) is 29.9 Å². The van der Waals surface area contributed by atoms with Crippen molar-refractivity contribution in [1.82, 2.24) is 18.8 Å². The summed E-state index contributed by atoms with van der Waals surface area (Å²) in [5.74, 6) is 0.417. The number of fused-ring (bicyclic) bond motifs is 1. The Hall–Kier alpha value is -2.11. The third kappa shape index (κ3) is 4.57. The van der Waals surface area contributed by atoms with Crippen LogP contribution in [0.1, 0.15) is 55.8 Å². The first-order valence-electron chi connectivity index (χ1n) is 11.4. The van der Waals surface area contributed by atoms with E-state index in [1.165, 1.54) is 28.3 Å². The Kier molecular flexibility index (Phi) is 6.36. The average molecular weight is 511 g/mol. The van der Waals surface area contributed by atoms with E-state index in [2.05, 4.69) is 9.55 Å². The monoisotopic (exact) mass is 510 g/mol. The molecule has 3 aromatic rings. The average Bonchev–Trinajstić information content (AvgIpc) is 3.57. The number of aromatic nitrogens is 3. The largest absolute Gasteiger partial charge is 0.433 e. The minimum Gasteiger partial charge on any atom is -0.316 e. The molecular weight excluding hydrogens is 485 g/mol. The molecule has 1 aliphatic heterocycles. The van der Waals surface area contributed by atoms with Gasteiger partial charge in [-0.1, -0.05) is 30.7 Å². The molecule has 182 valence electrons. The number of hydrogen-bond donors (Lipinski definition) is 0. The van der Waals surface area contributed by atoms with Crippen LogP contribution in [0.15, 0.2) is 46.6 Å². The molecule has 0 amide bonds. The quantitative estimate of drug-likeness (QED) is 0.402. The lowest BCUT2D eigenvalue weighted by Gasteiger charge is -2.17. The van der Waals surface area contributed by atoms with Crippen molar-refractivity contribution >= 4 is 32.8 Å². The summed E-state index contributed by atoms with van der Waals surface area (Å²) >= 11 is 1.44. The van der Waals surface area contributed by atoms with Gasteiger partial charge in [-0.05, 0) is 55.5 Å². The molecule has 11 heteroatoms. The molecule has 34 heavy (non-hydrogen) atoms. The predicted molar refractivity (Wildman–Crippen MR) is 124 cm³/mol. The van der Waals surface area contributed by atoms with E-state index in [0.717, 1.165) is 55.3 Å². The van der Waals surface area contributed by atoms with Crippen LogP contribution in [-0.4, -0.2) is 40.3 Å². The highest BCUT2D eigenvalue weighted by Crippen LogP contribution is 2.38. The zero-order valence-electron chi connectivity index (χ0n) is 18.5. The summed E-state index contributed by atoms with van der Waals surface area (Å²) < 4.78 is 68.2. The number of pyridine rings is 1. The van der Waals surface area contributed by atoms with Crippen molar-refractivity contribution in [3.63, 3.8) is 0 Å². The number of halogens is 3. The first kappa shape index (κ1) is 23.6. The van der Waals surface area contributed by atoms with Crippen molar-refractivity contribution in [3.8, 4) is 0 Å². The smallest absolute Gasteiger partial charge is 0.316 e. The van der Waals surface area contributed by atoms with E-state index >= 15 is 0 Å². The van der Waals surface area contributed by atoms with Gasteiger partial charge in [-0.15, -0.1) is 0 Å². The maximum Gasteiger partial charge on any atom is 0.433 e. The molecule has 1 saturated carbocycles. The third-order valence-corrected chi connectivity index (χ3v) is 9.42. The predicted octanol–water partition coefficient (Wildman–Crippen LogP) is 5.64. The molecule has 0 atom stereocenters. The SMILES string of the molecule is O=S(=O)(c1ccc2c(c1)nc(SCc1ccc(C(F)(F)F)nc1)n2C1CCCC1)N1CCCC1. The van der Waals surface area contributed by atoms with Crippen LogP contribution in [0, 0.1) is 0 Å². The van der Waals surface area contributed by atoms with E-state index in [1.54, 1.807) is 12.1 Å². The summed E-state index contributed by atoms with van der Waals surface area (Å²) in [6, 6.07) is 7.86. The van der Waals surface area contributed by atoms with Crippen LogP contribution < -0.4 is 0 Å². The lowest BCUT2D eigenvalue weighted by molar-refractivity contribution is -0.141. The van der Waals surface area contributed by atoms with E-state index in [-0.39, 0.29) is 10.9 Å². The molecule has 0 radical (unpaired) electrons. The molecule has 2 fully saturated rings. The Labute approximate surface area is 200 Å². The third-order valence-electron chi connectivity index (χ3n) is 6.50. The van der Waals surface area contributed by atoms with Crippen LogP contribution in [-0.2, 0) is 22.0 Å². The molecule has 2 aromatic heterocycles. The van der Waals surface area contributed by atoms with Gasteiger partial charge in [-0.25, -0.2) is 13.4 Å². The number of hydrogen-bond acceptors (Lipinski definition) is 5. The molecule has 1 aliphatic carbocycles. The summed E-state index contributed by atoms with van der Waals surface area (Å²) in [6.45, 7) is 1.08. The first-order valence-corrected chi connectivity index (χ1v) is 13.8. The minimum atomic E-state index is -4.46. The van der Waals surface area contributed by atoms with Crippen molar-refractivity contribution < 1.29 is 21.6 Å². The van der Waals surface area contributed by atoms with Crippen LogP contribution >= 0.6 is 11.8 Å². The fraction of sp³-hybridized carbons (Fsp3) is 0.478. The lowest BCUT2D eigenvalue weighted by atomic mass is 10.2. The van der Waals surface area contributed by atoms with E-state index in [1.807, 2.05) is 6.07 Å². The molecule has 0 bridgehead atoms. The minimum absolute atomic E-state index is 0.251. The van der Waals surface area contributed by atoms with Crippen molar-refractivity contribution in [1.29, 1.82) is 0 Å². The zero-order valence-corrected chi connectivity index (χ0v) is 20.1. The lowest BCUT2D eigenvalue weighted by Crippen LogP contribution is -2.27. The number of alkyl halides is 3.